The largest absolute Gasteiger partial charge is 0.508 e. The molecule has 2 aromatic rings. The summed E-state index contributed by atoms with van der Waals surface area (Å²) in [5.41, 5.74) is 0.817. The van der Waals surface area contributed by atoms with Gasteiger partial charge in [0, 0.05) is 17.3 Å². The summed E-state index contributed by atoms with van der Waals surface area (Å²) in [5.74, 6) is -0.358. The van der Waals surface area contributed by atoms with E-state index < -0.39 is 11.8 Å². The zero-order valence-electron chi connectivity index (χ0n) is 15.8. The van der Waals surface area contributed by atoms with E-state index in [1.807, 2.05) is 6.07 Å². The number of hydrogen-bond acceptors (Lipinski definition) is 9. The quantitative estimate of drug-likeness (QED) is 0.575. The summed E-state index contributed by atoms with van der Waals surface area (Å²) in [6.07, 6.45) is 0.855. The molecule has 9 nitrogen and oxygen atoms in total. The topological polar surface area (TPSA) is 109 Å². The van der Waals surface area contributed by atoms with Crippen molar-refractivity contribution >= 4 is 28.7 Å². The predicted molar refractivity (Wildman–Crippen MR) is 97.7 cm³/mol. The van der Waals surface area contributed by atoms with Crippen molar-refractivity contribution in [2.45, 2.75) is 26.4 Å². The number of carbonyl (C=O) groups is 2. The Morgan fingerprint density at radius 1 is 1.19 bits per heavy atom. The fraction of sp³-hybridized carbons (Fsp3) is 0.444. The van der Waals surface area contributed by atoms with Crippen LogP contribution in [-0.4, -0.2) is 54.6 Å². The molecule has 0 spiro atoms. The van der Waals surface area contributed by atoms with E-state index in [0.717, 1.165) is 11.1 Å². The van der Waals surface area contributed by atoms with Gasteiger partial charge in [-0.2, -0.15) is 4.98 Å². The predicted octanol–water partition coefficient (Wildman–Crippen LogP) is 2.55. The highest BCUT2D eigenvalue weighted by atomic mass is 16.7. The third-order valence-corrected chi connectivity index (χ3v) is 3.15. The van der Waals surface area contributed by atoms with Gasteiger partial charge in [-0.15, -0.1) is 0 Å². The lowest BCUT2D eigenvalue weighted by Crippen LogP contribution is -2.25. The van der Waals surface area contributed by atoms with Crippen LogP contribution < -0.4 is 10.1 Å². The number of nitrogens with one attached hydrogen (secondary N) is 1. The number of aromatic nitrogens is 2. The molecule has 0 saturated heterocycles. The number of hydrogen-bond donors (Lipinski definition) is 1. The molecule has 0 bridgehead atoms. The average Bonchev–Trinajstić information content (AvgIpc) is 2.61. The minimum Gasteiger partial charge on any atom is -0.468 e. The summed E-state index contributed by atoms with van der Waals surface area (Å²) in [6.45, 7) is 5.45. The molecular formula is C18H23N3O6. The smallest absolute Gasteiger partial charge is 0.468 e. The molecule has 1 heterocycles. The molecule has 1 aromatic heterocycles. The first kappa shape index (κ1) is 20.2. The highest BCUT2D eigenvalue weighted by Crippen LogP contribution is 2.18. The van der Waals surface area contributed by atoms with Crippen molar-refractivity contribution in [2.24, 2.45) is 0 Å². The first-order valence-corrected chi connectivity index (χ1v) is 8.33. The minimum absolute atomic E-state index is 0.0205. The molecule has 0 radical (unpaired) electrons. The van der Waals surface area contributed by atoms with E-state index >= 15 is 0 Å². The Bertz CT molecular complexity index is 803. The van der Waals surface area contributed by atoms with Crippen molar-refractivity contribution in [3.63, 3.8) is 0 Å². The van der Waals surface area contributed by atoms with E-state index in [-0.39, 0.29) is 31.7 Å². The molecule has 0 amide bonds. The van der Waals surface area contributed by atoms with E-state index in [9.17, 15) is 9.59 Å². The zero-order chi connectivity index (χ0) is 19.9. The molecule has 2 rings (SSSR count). The molecule has 0 unspecified atom stereocenters. The van der Waals surface area contributed by atoms with Crippen molar-refractivity contribution < 1.29 is 28.5 Å². The van der Waals surface area contributed by atoms with E-state index in [1.165, 1.54) is 7.11 Å². The van der Waals surface area contributed by atoms with Crippen molar-refractivity contribution in [2.75, 3.05) is 32.2 Å². The van der Waals surface area contributed by atoms with Gasteiger partial charge in [-0.25, -0.2) is 9.78 Å². The Kier molecular flexibility index (Phi) is 6.75. The number of benzene rings is 1. The van der Waals surface area contributed by atoms with E-state index in [4.69, 9.17) is 14.2 Å². The van der Waals surface area contributed by atoms with Gasteiger partial charge in [-0.3, -0.25) is 4.79 Å². The lowest BCUT2D eigenvalue weighted by Gasteiger charge is -2.18. The second kappa shape index (κ2) is 9.02. The molecule has 0 fully saturated rings. The highest BCUT2D eigenvalue weighted by molar-refractivity contribution is 5.83. The first-order valence-electron chi connectivity index (χ1n) is 8.33. The van der Waals surface area contributed by atoms with Gasteiger partial charge in [-0.1, -0.05) is 0 Å². The van der Waals surface area contributed by atoms with Crippen LogP contribution in [0.15, 0.2) is 24.4 Å². The van der Waals surface area contributed by atoms with Gasteiger partial charge in [0.25, 0.3) is 0 Å². The fourth-order valence-electron chi connectivity index (χ4n) is 1.98. The summed E-state index contributed by atoms with van der Waals surface area (Å²) in [5, 5.41) is 3.73. The standard InChI is InChI=1S/C18H23N3O6/c1-18(2,3)27-17(23)26-8-7-25-16-20-10-12-9-13(5-6-14(12)21-16)19-11-15(22)24-4/h5-6,9-10,19H,7-8,11H2,1-4H3. The molecule has 0 aliphatic rings. The van der Waals surface area contributed by atoms with Crippen LogP contribution in [0.5, 0.6) is 6.01 Å². The Morgan fingerprint density at radius 2 is 1.96 bits per heavy atom. The summed E-state index contributed by atoms with van der Waals surface area (Å²) >= 11 is 0. The van der Waals surface area contributed by atoms with Crippen LogP contribution in [0.3, 0.4) is 0 Å². The molecule has 0 atom stereocenters. The Balaban J connectivity index is 1.85. The third kappa shape index (κ3) is 6.96. The molecule has 0 aliphatic carbocycles. The van der Waals surface area contributed by atoms with E-state index in [0.29, 0.717) is 5.52 Å². The molecular weight excluding hydrogens is 354 g/mol. The lowest BCUT2D eigenvalue weighted by molar-refractivity contribution is -0.138. The van der Waals surface area contributed by atoms with Gasteiger partial charge < -0.3 is 24.3 Å². The molecule has 0 aliphatic heterocycles. The number of esters is 1. The van der Waals surface area contributed by atoms with Gasteiger partial charge in [-0.05, 0) is 39.0 Å². The molecule has 0 saturated carbocycles. The van der Waals surface area contributed by atoms with Crippen LogP contribution in [-0.2, 0) is 19.0 Å². The van der Waals surface area contributed by atoms with E-state index in [1.54, 1.807) is 39.1 Å². The second-order valence-electron chi connectivity index (χ2n) is 6.52. The number of anilines is 1. The Hall–Kier alpha value is -3.10. The maximum absolute atomic E-state index is 11.4. The summed E-state index contributed by atoms with van der Waals surface area (Å²) in [7, 11) is 1.33. The SMILES string of the molecule is COC(=O)CNc1ccc2nc(OCCOC(=O)OC(C)(C)C)ncc2c1. The molecule has 1 N–H and O–H groups in total. The highest BCUT2D eigenvalue weighted by Gasteiger charge is 2.17. The van der Waals surface area contributed by atoms with Gasteiger partial charge in [0.15, 0.2) is 0 Å². The number of methoxy groups -OCH3 is 1. The van der Waals surface area contributed by atoms with Crippen LogP contribution in [0, 0.1) is 0 Å². The number of nitrogens with zero attached hydrogens (tertiary/aromatic N) is 2. The van der Waals surface area contributed by atoms with Crippen LogP contribution in [0.25, 0.3) is 10.9 Å². The van der Waals surface area contributed by atoms with Crippen LogP contribution >= 0.6 is 0 Å². The van der Waals surface area contributed by atoms with E-state index in [2.05, 4.69) is 20.0 Å². The zero-order valence-corrected chi connectivity index (χ0v) is 15.8. The summed E-state index contributed by atoms with van der Waals surface area (Å²) in [6, 6.07) is 5.55. The van der Waals surface area contributed by atoms with Crippen LogP contribution in [0.1, 0.15) is 20.8 Å². The van der Waals surface area contributed by atoms with Gasteiger partial charge in [0.1, 0.15) is 25.4 Å². The number of rotatable bonds is 7. The molecule has 146 valence electrons. The Morgan fingerprint density at radius 3 is 2.67 bits per heavy atom. The lowest BCUT2D eigenvalue weighted by atomic mass is 10.2. The summed E-state index contributed by atoms with van der Waals surface area (Å²) in [4.78, 5) is 31.0. The normalized spacial score (nSPS) is 11.0. The average molecular weight is 377 g/mol. The third-order valence-electron chi connectivity index (χ3n) is 3.15. The fourth-order valence-corrected chi connectivity index (χ4v) is 1.98. The Labute approximate surface area is 157 Å². The molecule has 9 heteroatoms. The van der Waals surface area contributed by atoms with Crippen molar-refractivity contribution in [1.82, 2.24) is 9.97 Å². The maximum Gasteiger partial charge on any atom is 0.508 e. The monoisotopic (exact) mass is 377 g/mol. The van der Waals surface area contributed by atoms with Crippen LogP contribution in [0.4, 0.5) is 10.5 Å². The number of carbonyl (C=O) groups excluding carboxylic acids is 2. The van der Waals surface area contributed by atoms with Crippen LogP contribution in [0.2, 0.25) is 0 Å². The second-order valence-corrected chi connectivity index (χ2v) is 6.52. The minimum atomic E-state index is -0.752. The van der Waals surface area contributed by atoms with Crippen molar-refractivity contribution in [3.05, 3.63) is 24.4 Å². The van der Waals surface area contributed by atoms with Crippen molar-refractivity contribution in [3.8, 4) is 6.01 Å². The first-order chi connectivity index (χ1) is 12.8. The van der Waals surface area contributed by atoms with Gasteiger partial charge in [0.2, 0.25) is 0 Å². The number of fused-ring (bicyclic) bond motifs is 1. The number of ether oxygens (including phenoxy) is 4. The molecule has 1 aromatic carbocycles. The molecule has 27 heavy (non-hydrogen) atoms. The van der Waals surface area contributed by atoms with Gasteiger partial charge in [0.05, 0.1) is 12.6 Å². The maximum atomic E-state index is 11.4. The van der Waals surface area contributed by atoms with Crippen molar-refractivity contribution in [1.29, 1.82) is 0 Å². The summed E-state index contributed by atoms with van der Waals surface area (Å²) < 4.78 is 19.9. The van der Waals surface area contributed by atoms with Gasteiger partial charge >= 0.3 is 18.1 Å².